The number of ether oxygens (including phenoxy) is 1. The standard InChI is InChI=1S/C41H47N9O6/c1-41(2,55)37-31(44-38(52)30-10-6-12-34(42-3)43-30)25-49(46-37)28-15-13-26(14-16-28)24-48-21-19-29(20-22-48)56-23-7-9-27-8-5-11-32-36(27)47(4)40(54)50(32)33-17-18-35(51)45-39(33)53/h5-6,8,10-12,25-26,28-29,33,55H,13-24H2,1-2,4H3,(H,44,52)(H,45,51,53). The lowest BCUT2D eigenvalue weighted by Gasteiger charge is -2.36. The third-order valence-electron chi connectivity index (χ3n) is 11.1. The summed E-state index contributed by atoms with van der Waals surface area (Å²) in [6.07, 6.45) is 8.23. The van der Waals surface area contributed by atoms with Gasteiger partial charge in [0.05, 0.1) is 34.4 Å². The van der Waals surface area contributed by atoms with Crippen LogP contribution in [0.3, 0.4) is 0 Å². The normalized spacial score (nSPS) is 20.9. The minimum absolute atomic E-state index is 0.122. The predicted octanol–water partition coefficient (Wildman–Crippen LogP) is 4.20. The molecule has 56 heavy (non-hydrogen) atoms. The average molecular weight is 762 g/mol. The number of hydrogen-bond acceptors (Lipinski definition) is 9. The van der Waals surface area contributed by atoms with Crippen LogP contribution in [0.25, 0.3) is 15.9 Å². The second kappa shape index (κ2) is 16.2. The highest BCUT2D eigenvalue weighted by atomic mass is 16.5. The number of aliphatic hydroxyl groups is 1. The number of nitrogens with zero attached hydrogens (tertiary/aromatic N) is 7. The van der Waals surface area contributed by atoms with E-state index in [-0.39, 0.29) is 54.7 Å². The Morgan fingerprint density at radius 3 is 2.54 bits per heavy atom. The Kier molecular flexibility index (Phi) is 11.2. The zero-order valence-corrected chi connectivity index (χ0v) is 32.0. The Balaban J connectivity index is 0.884. The molecule has 7 rings (SSSR count). The average Bonchev–Trinajstić information content (AvgIpc) is 3.73. The summed E-state index contributed by atoms with van der Waals surface area (Å²) in [6, 6.07) is 9.59. The Hall–Kier alpha value is -5.61. The molecule has 3 N–H and O–H groups in total. The van der Waals surface area contributed by atoms with Crippen LogP contribution in [-0.2, 0) is 27.0 Å². The molecule has 2 aliphatic heterocycles. The number of anilines is 1. The van der Waals surface area contributed by atoms with Gasteiger partial charge in [0.2, 0.25) is 17.5 Å². The van der Waals surface area contributed by atoms with Crippen LogP contribution in [0.2, 0.25) is 0 Å². The number of aromatic nitrogens is 5. The van der Waals surface area contributed by atoms with Crippen LogP contribution in [0.5, 0.6) is 0 Å². The summed E-state index contributed by atoms with van der Waals surface area (Å²) in [5.74, 6) is 5.76. The smallest absolute Gasteiger partial charge is 0.329 e. The lowest BCUT2D eigenvalue weighted by atomic mass is 9.85. The van der Waals surface area contributed by atoms with E-state index in [1.165, 1.54) is 9.13 Å². The van der Waals surface area contributed by atoms with E-state index in [2.05, 4.69) is 37.2 Å². The topological polar surface area (TPSA) is 170 Å². The molecule has 2 saturated heterocycles. The number of carbonyl (C=O) groups is 3. The van der Waals surface area contributed by atoms with Crippen molar-refractivity contribution in [3.63, 3.8) is 0 Å². The maximum atomic E-state index is 13.2. The second-order valence-electron chi connectivity index (χ2n) is 15.5. The van der Waals surface area contributed by atoms with Gasteiger partial charge in [-0.05, 0) is 89.0 Å². The maximum absolute atomic E-state index is 13.2. The van der Waals surface area contributed by atoms with E-state index in [1.807, 2.05) is 16.8 Å². The lowest BCUT2D eigenvalue weighted by Crippen LogP contribution is -2.44. The molecule has 1 aromatic carbocycles. The first-order valence-corrected chi connectivity index (χ1v) is 19.2. The molecule has 3 amide bonds. The van der Waals surface area contributed by atoms with Crippen LogP contribution in [0.1, 0.15) is 99.0 Å². The highest BCUT2D eigenvalue weighted by Gasteiger charge is 2.33. The fourth-order valence-electron chi connectivity index (χ4n) is 8.20. The molecule has 0 bridgehead atoms. The minimum Gasteiger partial charge on any atom is -0.384 e. The number of piperidine rings is 2. The van der Waals surface area contributed by atoms with Gasteiger partial charge < -0.3 is 24.9 Å². The Bertz CT molecular complexity index is 2300. The summed E-state index contributed by atoms with van der Waals surface area (Å²) in [7, 11) is 1.67. The van der Waals surface area contributed by atoms with Crippen molar-refractivity contribution in [1.82, 2.24) is 34.1 Å². The van der Waals surface area contributed by atoms with Crippen molar-refractivity contribution in [2.75, 3.05) is 31.6 Å². The van der Waals surface area contributed by atoms with Crippen LogP contribution < -0.4 is 16.3 Å². The number of aryl methyl sites for hydroxylation is 1. The molecule has 1 saturated carbocycles. The molecule has 15 nitrogen and oxygen atoms in total. The molecule has 3 fully saturated rings. The highest BCUT2D eigenvalue weighted by Crippen LogP contribution is 2.36. The summed E-state index contributed by atoms with van der Waals surface area (Å²) in [6.45, 7) is 13.7. The first kappa shape index (κ1) is 38.7. The monoisotopic (exact) mass is 761 g/mol. The van der Waals surface area contributed by atoms with E-state index in [0.29, 0.717) is 33.9 Å². The van der Waals surface area contributed by atoms with E-state index in [4.69, 9.17) is 16.4 Å². The predicted molar refractivity (Wildman–Crippen MR) is 208 cm³/mol. The van der Waals surface area contributed by atoms with Gasteiger partial charge in [0.1, 0.15) is 23.9 Å². The molecular weight excluding hydrogens is 715 g/mol. The quantitative estimate of drug-likeness (QED) is 0.129. The van der Waals surface area contributed by atoms with Crippen LogP contribution in [-0.4, -0.2) is 84.0 Å². The molecule has 1 aliphatic carbocycles. The fraction of sp³-hybridized carbons (Fsp3) is 0.488. The number of carbonyl (C=O) groups excluding carboxylic acids is 3. The fourth-order valence-corrected chi connectivity index (χ4v) is 8.20. The molecule has 1 atom stereocenters. The molecule has 5 heterocycles. The van der Waals surface area contributed by atoms with Gasteiger partial charge in [0, 0.05) is 39.3 Å². The summed E-state index contributed by atoms with van der Waals surface area (Å²) >= 11 is 0. The number of likely N-dealkylation sites (tertiary alicyclic amines) is 1. The summed E-state index contributed by atoms with van der Waals surface area (Å²) in [5.41, 5.74) is 1.27. The van der Waals surface area contributed by atoms with Crippen LogP contribution in [0, 0.1) is 24.3 Å². The van der Waals surface area contributed by atoms with Crippen molar-refractivity contribution in [1.29, 1.82) is 0 Å². The maximum Gasteiger partial charge on any atom is 0.329 e. The van der Waals surface area contributed by atoms with Gasteiger partial charge in [-0.15, -0.1) is 4.98 Å². The van der Waals surface area contributed by atoms with E-state index >= 15 is 0 Å². The van der Waals surface area contributed by atoms with Crippen LogP contribution in [0.15, 0.2) is 47.4 Å². The van der Waals surface area contributed by atoms with Gasteiger partial charge in [-0.1, -0.05) is 30.5 Å². The molecule has 3 aromatic heterocycles. The van der Waals surface area contributed by atoms with E-state index in [0.717, 1.165) is 58.2 Å². The Morgan fingerprint density at radius 1 is 1.07 bits per heavy atom. The van der Waals surface area contributed by atoms with Crippen LogP contribution in [0.4, 0.5) is 11.5 Å². The second-order valence-corrected chi connectivity index (χ2v) is 15.5. The number of imide groups is 1. The van der Waals surface area contributed by atoms with Crippen molar-refractivity contribution >= 4 is 40.3 Å². The third-order valence-corrected chi connectivity index (χ3v) is 11.1. The van der Waals surface area contributed by atoms with Gasteiger partial charge in [-0.2, -0.15) is 5.10 Å². The number of pyridine rings is 1. The Morgan fingerprint density at radius 2 is 1.82 bits per heavy atom. The van der Waals surface area contributed by atoms with E-state index in [9.17, 15) is 24.3 Å². The number of fused-ring (bicyclic) bond motifs is 1. The molecule has 0 spiro atoms. The molecule has 0 radical (unpaired) electrons. The van der Waals surface area contributed by atoms with E-state index < -0.39 is 23.5 Å². The SMILES string of the molecule is [C-]#[N+]c1cccc(C(=O)Nc2cn(C3CCC(CN4CCC(OCC#Cc5cccc6c5n(C)c(=O)n6C5CCC(=O)NC5=O)CC4)CC3)nc2C(C)(C)O)n1. The highest BCUT2D eigenvalue weighted by molar-refractivity contribution is 6.03. The summed E-state index contributed by atoms with van der Waals surface area (Å²) < 4.78 is 11.0. The van der Waals surface area contributed by atoms with Crippen molar-refractivity contribution in [2.45, 2.75) is 89.0 Å². The van der Waals surface area contributed by atoms with Gasteiger partial charge >= 0.3 is 5.69 Å². The van der Waals surface area contributed by atoms with Crippen molar-refractivity contribution in [2.24, 2.45) is 13.0 Å². The van der Waals surface area contributed by atoms with Gasteiger partial charge in [0.15, 0.2) is 0 Å². The lowest BCUT2D eigenvalue weighted by molar-refractivity contribution is -0.135. The van der Waals surface area contributed by atoms with Crippen molar-refractivity contribution in [3.05, 3.63) is 81.4 Å². The Labute approximate surface area is 324 Å². The number of imidazole rings is 1. The number of amides is 3. The first-order valence-electron chi connectivity index (χ1n) is 19.2. The molecule has 3 aliphatic rings. The summed E-state index contributed by atoms with van der Waals surface area (Å²) in [4.78, 5) is 60.4. The number of benzene rings is 1. The largest absolute Gasteiger partial charge is 0.384 e. The van der Waals surface area contributed by atoms with Crippen molar-refractivity contribution in [3.8, 4) is 11.8 Å². The van der Waals surface area contributed by atoms with Crippen molar-refractivity contribution < 1.29 is 24.2 Å². The van der Waals surface area contributed by atoms with E-state index in [1.54, 1.807) is 51.4 Å². The molecule has 292 valence electrons. The number of nitrogens with one attached hydrogen (secondary N) is 2. The minimum atomic E-state index is -1.27. The van der Waals surface area contributed by atoms with Gasteiger partial charge in [-0.25, -0.2) is 4.79 Å². The zero-order valence-electron chi connectivity index (χ0n) is 32.0. The number of rotatable bonds is 9. The summed E-state index contributed by atoms with van der Waals surface area (Å²) in [5, 5.41) is 20.8. The number of para-hydroxylation sites is 1. The molecular formula is C41H47N9O6. The van der Waals surface area contributed by atoms with Gasteiger partial charge in [0.25, 0.3) is 11.7 Å². The zero-order chi connectivity index (χ0) is 39.6. The third kappa shape index (κ3) is 8.31. The first-order chi connectivity index (χ1) is 26.9. The molecule has 15 heteroatoms. The van der Waals surface area contributed by atoms with Crippen LogP contribution >= 0.6 is 0 Å². The number of hydrogen-bond donors (Lipinski definition) is 3. The van der Waals surface area contributed by atoms with Gasteiger partial charge in [-0.3, -0.25) is 33.5 Å². The molecule has 1 unspecified atom stereocenters. The molecule has 4 aromatic rings.